The summed E-state index contributed by atoms with van der Waals surface area (Å²) in [5.74, 6) is -1.29. The molecule has 0 spiro atoms. The third kappa shape index (κ3) is 4.78. The highest BCUT2D eigenvalue weighted by molar-refractivity contribution is 9.10. The third-order valence-corrected chi connectivity index (χ3v) is 5.00. The Balaban J connectivity index is 2.14. The highest BCUT2D eigenvalue weighted by Crippen LogP contribution is 2.16. The summed E-state index contributed by atoms with van der Waals surface area (Å²) in [5.41, 5.74) is -0.339. The fourth-order valence-corrected chi connectivity index (χ4v) is 2.98. The van der Waals surface area contributed by atoms with Gasteiger partial charge < -0.3 is 10.1 Å². The van der Waals surface area contributed by atoms with E-state index in [1.165, 1.54) is 24.7 Å². The van der Waals surface area contributed by atoms with Gasteiger partial charge in [-0.3, -0.25) is 18.7 Å². The third-order valence-electron chi connectivity index (χ3n) is 4.31. The Bertz CT molecular complexity index is 1010. The minimum Gasteiger partial charge on any atom is -0.458 e. The van der Waals surface area contributed by atoms with Gasteiger partial charge in [0.25, 0.3) is 11.5 Å². The molecule has 28 heavy (non-hydrogen) atoms. The second-order valence-electron chi connectivity index (χ2n) is 6.66. The first-order valence-corrected chi connectivity index (χ1v) is 9.40. The molecule has 1 aromatic heterocycles. The van der Waals surface area contributed by atoms with Crippen LogP contribution in [0.15, 0.2) is 44.4 Å². The molecule has 0 unspecified atom stereocenters. The largest absolute Gasteiger partial charge is 0.458 e. The maximum absolute atomic E-state index is 12.5. The van der Waals surface area contributed by atoms with E-state index in [1.807, 2.05) is 0 Å². The summed E-state index contributed by atoms with van der Waals surface area (Å²) in [4.78, 5) is 48.8. The molecule has 8 nitrogen and oxygen atoms in total. The van der Waals surface area contributed by atoms with Crippen molar-refractivity contribution in [2.45, 2.75) is 26.5 Å². The van der Waals surface area contributed by atoms with E-state index in [4.69, 9.17) is 4.74 Å². The molecular formula is C19H22BrN3O5. The predicted molar refractivity (Wildman–Crippen MR) is 107 cm³/mol. The van der Waals surface area contributed by atoms with E-state index in [-0.39, 0.29) is 18.2 Å². The van der Waals surface area contributed by atoms with Gasteiger partial charge in [0.05, 0.1) is 11.3 Å². The van der Waals surface area contributed by atoms with Crippen molar-refractivity contribution in [1.82, 2.24) is 14.5 Å². The van der Waals surface area contributed by atoms with Crippen LogP contribution in [0.5, 0.6) is 0 Å². The second kappa shape index (κ2) is 9.01. The van der Waals surface area contributed by atoms with E-state index in [0.29, 0.717) is 10.0 Å². The highest BCUT2D eigenvalue weighted by Gasteiger charge is 2.27. The van der Waals surface area contributed by atoms with Gasteiger partial charge >= 0.3 is 11.7 Å². The summed E-state index contributed by atoms with van der Waals surface area (Å²) >= 11 is 3.31. The van der Waals surface area contributed by atoms with Crippen LogP contribution in [0.25, 0.3) is 0 Å². The van der Waals surface area contributed by atoms with Gasteiger partial charge in [-0.25, -0.2) is 9.59 Å². The Morgan fingerprint density at radius 1 is 1.14 bits per heavy atom. The molecule has 1 amide bonds. The normalized spacial score (nSPS) is 11.9. The van der Waals surface area contributed by atoms with Crippen LogP contribution < -0.4 is 16.6 Å². The average Bonchev–Trinajstić information content (AvgIpc) is 2.65. The molecule has 1 N–H and O–H groups in total. The fourth-order valence-electron chi connectivity index (χ4n) is 2.51. The van der Waals surface area contributed by atoms with Crippen LogP contribution in [0.1, 0.15) is 29.9 Å². The van der Waals surface area contributed by atoms with Crippen LogP contribution in [-0.2, 0) is 30.2 Å². The van der Waals surface area contributed by atoms with Gasteiger partial charge in [-0.15, -0.1) is 0 Å². The van der Waals surface area contributed by atoms with Gasteiger partial charge in [-0.1, -0.05) is 26.0 Å². The molecule has 1 heterocycles. The van der Waals surface area contributed by atoms with Crippen LogP contribution in [0, 0.1) is 5.92 Å². The molecule has 0 aliphatic carbocycles. The lowest BCUT2D eigenvalue weighted by atomic mass is 10.0. The van der Waals surface area contributed by atoms with Crippen LogP contribution in [0.3, 0.4) is 0 Å². The van der Waals surface area contributed by atoms with Crippen LogP contribution in [0.4, 0.5) is 0 Å². The highest BCUT2D eigenvalue weighted by atomic mass is 79.9. The Hall–Kier alpha value is -2.68. The molecule has 0 aliphatic heterocycles. The van der Waals surface area contributed by atoms with Crippen molar-refractivity contribution < 1.29 is 14.3 Å². The number of ether oxygens (including phenoxy) is 1. The standard InChI is InChI=1S/C19H22BrN3O5/c1-11(2)16(21-17(25)13-7-5-6-8-14(13)20)18(26)28-10-12-9-15(24)23(4)19(27)22(12)3/h5-9,11,16H,10H2,1-4H3,(H,21,25)/t16-/m0/s1. The predicted octanol–water partition coefficient (Wildman–Crippen LogP) is 1.34. The number of halogens is 1. The molecule has 0 saturated carbocycles. The topological polar surface area (TPSA) is 99.4 Å². The molecule has 0 saturated heterocycles. The number of esters is 1. The molecule has 0 aliphatic rings. The van der Waals surface area contributed by atoms with E-state index >= 15 is 0 Å². The zero-order valence-corrected chi connectivity index (χ0v) is 17.6. The number of hydrogen-bond acceptors (Lipinski definition) is 5. The number of carbonyl (C=O) groups is 2. The van der Waals surface area contributed by atoms with Crippen molar-refractivity contribution in [3.8, 4) is 0 Å². The fraction of sp³-hybridized carbons (Fsp3) is 0.368. The number of benzene rings is 1. The lowest BCUT2D eigenvalue weighted by Gasteiger charge is -2.21. The number of hydrogen-bond donors (Lipinski definition) is 1. The van der Waals surface area contributed by atoms with Crippen LogP contribution in [-0.4, -0.2) is 27.1 Å². The number of carbonyl (C=O) groups excluding carboxylic acids is 2. The molecule has 1 aromatic carbocycles. The Morgan fingerprint density at radius 2 is 1.79 bits per heavy atom. The zero-order chi connectivity index (χ0) is 21.0. The Kier molecular flexibility index (Phi) is 6.95. The molecule has 2 aromatic rings. The van der Waals surface area contributed by atoms with Crippen molar-refractivity contribution in [2.75, 3.05) is 0 Å². The molecule has 150 valence electrons. The molecule has 0 bridgehead atoms. The van der Waals surface area contributed by atoms with Gasteiger partial charge in [-0.2, -0.15) is 0 Å². The quantitative estimate of drug-likeness (QED) is 0.668. The van der Waals surface area contributed by atoms with E-state index in [1.54, 1.807) is 38.1 Å². The van der Waals surface area contributed by atoms with Gasteiger partial charge in [-0.05, 0) is 34.0 Å². The lowest BCUT2D eigenvalue weighted by molar-refractivity contribution is -0.148. The minimum absolute atomic E-state index is 0.230. The van der Waals surface area contributed by atoms with Gasteiger partial charge in [0.15, 0.2) is 0 Å². The summed E-state index contributed by atoms with van der Waals surface area (Å²) in [6.45, 7) is 3.30. The summed E-state index contributed by atoms with van der Waals surface area (Å²) in [5, 5.41) is 2.68. The number of amides is 1. The van der Waals surface area contributed by atoms with Crippen molar-refractivity contribution >= 4 is 27.8 Å². The van der Waals surface area contributed by atoms with Gasteiger partial charge in [0.2, 0.25) is 0 Å². The Morgan fingerprint density at radius 3 is 2.39 bits per heavy atom. The summed E-state index contributed by atoms with van der Waals surface area (Å²) < 4.78 is 8.08. The minimum atomic E-state index is -0.886. The molecule has 0 radical (unpaired) electrons. The van der Waals surface area contributed by atoms with Gasteiger partial charge in [0, 0.05) is 24.6 Å². The first kappa shape index (κ1) is 21.6. The molecule has 0 fully saturated rings. The maximum atomic E-state index is 12.5. The van der Waals surface area contributed by atoms with Crippen LogP contribution in [0.2, 0.25) is 0 Å². The smallest absolute Gasteiger partial charge is 0.330 e. The number of aromatic nitrogens is 2. The first-order chi connectivity index (χ1) is 13.1. The average molecular weight is 452 g/mol. The first-order valence-electron chi connectivity index (χ1n) is 8.61. The molecule has 9 heteroatoms. The Labute approximate surface area is 170 Å². The van der Waals surface area contributed by atoms with E-state index < -0.39 is 29.2 Å². The van der Waals surface area contributed by atoms with Crippen molar-refractivity contribution in [3.05, 3.63) is 66.9 Å². The van der Waals surface area contributed by atoms with Crippen LogP contribution >= 0.6 is 15.9 Å². The monoisotopic (exact) mass is 451 g/mol. The summed E-state index contributed by atoms with van der Waals surface area (Å²) in [7, 11) is 2.85. The number of nitrogens with one attached hydrogen (secondary N) is 1. The SMILES string of the molecule is CC(C)[C@H](NC(=O)c1ccccc1Br)C(=O)OCc1cc(=O)n(C)c(=O)n1C. The summed E-state index contributed by atoms with van der Waals surface area (Å²) in [6.07, 6.45) is 0. The molecular weight excluding hydrogens is 430 g/mol. The number of rotatable bonds is 6. The van der Waals surface area contributed by atoms with E-state index in [9.17, 15) is 19.2 Å². The maximum Gasteiger partial charge on any atom is 0.330 e. The summed E-state index contributed by atoms with van der Waals surface area (Å²) in [6, 6.07) is 7.22. The zero-order valence-electron chi connectivity index (χ0n) is 16.1. The molecule has 1 atom stereocenters. The molecule has 2 rings (SSSR count). The van der Waals surface area contributed by atoms with Gasteiger partial charge in [0.1, 0.15) is 12.6 Å². The van der Waals surface area contributed by atoms with Crippen molar-refractivity contribution in [2.24, 2.45) is 20.0 Å². The van der Waals surface area contributed by atoms with E-state index in [0.717, 1.165) is 4.57 Å². The van der Waals surface area contributed by atoms with E-state index in [2.05, 4.69) is 21.2 Å². The lowest BCUT2D eigenvalue weighted by Crippen LogP contribution is -2.45. The number of nitrogens with zero attached hydrogens (tertiary/aromatic N) is 2. The van der Waals surface area contributed by atoms with Crippen molar-refractivity contribution in [1.29, 1.82) is 0 Å². The van der Waals surface area contributed by atoms with Crippen molar-refractivity contribution in [3.63, 3.8) is 0 Å². The second-order valence-corrected chi connectivity index (χ2v) is 7.51.